The summed E-state index contributed by atoms with van der Waals surface area (Å²) in [6.45, 7) is 23.2. The first kappa shape index (κ1) is 27.2. The number of benzene rings is 1. The van der Waals surface area contributed by atoms with Crippen LogP contribution in [-0.2, 0) is 26.2 Å². The molecule has 0 saturated heterocycles. The second kappa shape index (κ2) is 10.3. The van der Waals surface area contributed by atoms with Crippen molar-refractivity contribution in [2.24, 2.45) is 5.92 Å². The molecule has 1 aromatic carbocycles. The molecule has 1 unspecified atom stereocenters. The van der Waals surface area contributed by atoms with Gasteiger partial charge in [-0.05, 0) is 0 Å². The van der Waals surface area contributed by atoms with Gasteiger partial charge in [-0.25, -0.2) is 0 Å². The van der Waals surface area contributed by atoms with Gasteiger partial charge in [-0.2, -0.15) is 0 Å². The Morgan fingerprint density at radius 2 is 1.48 bits per heavy atom. The molecule has 0 bridgehead atoms. The molecule has 1 aliphatic carbocycles. The van der Waals surface area contributed by atoms with Crippen LogP contribution in [0.25, 0.3) is 0 Å². The van der Waals surface area contributed by atoms with Crippen molar-refractivity contribution in [3.8, 4) is 5.75 Å². The maximum Gasteiger partial charge on any atom is -1.00 e. The summed E-state index contributed by atoms with van der Waals surface area (Å²) in [5.41, 5.74) is 7.00. The molecule has 0 fully saturated rings. The first-order valence-electron chi connectivity index (χ1n) is 9.29. The summed E-state index contributed by atoms with van der Waals surface area (Å²) in [5.74, 6) is 1.70. The van der Waals surface area contributed by atoms with Crippen LogP contribution in [0, 0.1) is 12.8 Å². The molecule has 2 rings (SSSR count). The first-order valence-corrected chi connectivity index (χ1v) is 17.7. The molecule has 0 saturated carbocycles. The number of aryl methyl sites for hydroxylation is 1. The van der Waals surface area contributed by atoms with E-state index in [1.165, 1.54) is 22.3 Å². The molecule has 1 atom stereocenters. The summed E-state index contributed by atoms with van der Waals surface area (Å²) < 4.78 is 8.58. The normalized spacial score (nSPS) is 16.4. The van der Waals surface area contributed by atoms with E-state index in [0.29, 0.717) is 5.92 Å². The van der Waals surface area contributed by atoms with Crippen LogP contribution in [0.2, 0.25) is 13.1 Å². The van der Waals surface area contributed by atoms with Gasteiger partial charge in [0.2, 0.25) is 0 Å². The van der Waals surface area contributed by atoms with E-state index in [1.54, 1.807) is 8.85 Å². The van der Waals surface area contributed by atoms with Gasteiger partial charge in [-0.3, -0.25) is 0 Å². The predicted octanol–water partition coefficient (Wildman–Crippen LogP) is 0.724. The second-order valence-electron chi connectivity index (χ2n) is 8.78. The Labute approximate surface area is 187 Å². The van der Waals surface area contributed by atoms with Gasteiger partial charge in [0.05, 0.1) is 0 Å². The van der Waals surface area contributed by atoms with Crippen LogP contribution < -0.4 is 27.6 Å². The van der Waals surface area contributed by atoms with Crippen LogP contribution in [0.3, 0.4) is 0 Å². The van der Waals surface area contributed by atoms with E-state index in [-0.39, 0.29) is 30.2 Å². The average molecular weight is 505 g/mol. The minimum absolute atomic E-state index is 0. The minimum atomic E-state index is -2.12. The van der Waals surface area contributed by atoms with Crippen molar-refractivity contribution in [1.82, 2.24) is 0 Å². The summed E-state index contributed by atoms with van der Waals surface area (Å²) in [6, 6.07) is 6.84. The van der Waals surface area contributed by atoms with Crippen molar-refractivity contribution in [2.45, 2.75) is 73.9 Å². The molecule has 0 amide bonds. The summed E-state index contributed by atoms with van der Waals surface area (Å²) in [4.78, 5) is 0. The van der Waals surface area contributed by atoms with Crippen LogP contribution in [0.15, 0.2) is 38.2 Å². The third-order valence-corrected chi connectivity index (χ3v) is 19.5. The summed E-state index contributed by atoms with van der Waals surface area (Å²) in [7, 11) is 0. The molecule has 0 heterocycles. The first-order chi connectivity index (χ1) is 11.4. The third-order valence-electron chi connectivity index (χ3n) is 5.48. The van der Waals surface area contributed by atoms with Gasteiger partial charge in [0.1, 0.15) is 0 Å². The Bertz CT molecular complexity index is 797. The number of hydrogen-bond acceptors (Lipinski definition) is 1. The molecule has 1 nitrogen and oxygen atoms in total. The molecule has 150 valence electrons. The number of allylic oxidation sites excluding steroid dienone is 4. The van der Waals surface area contributed by atoms with Crippen LogP contribution in [0.5, 0.6) is 5.75 Å². The molecule has 0 N–H and O–H groups in total. The Hall–Kier alpha value is 0.180. The van der Waals surface area contributed by atoms with Crippen LogP contribution in [0.4, 0.5) is 0 Å². The fourth-order valence-corrected chi connectivity index (χ4v) is 16.8. The van der Waals surface area contributed by atoms with E-state index in [0.717, 1.165) is 5.75 Å². The molecule has 1 aromatic rings. The minimum Gasteiger partial charge on any atom is -1.00 e. The van der Waals surface area contributed by atoms with Gasteiger partial charge in [0.25, 0.3) is 0 Å². The zero-order chi connectivity index (χ0) is 19.1. The van der Waals surface area contributed by atoms with Gasteiger partial charge < -0.3 is 24.8 Å². The number of hydrogen-bond donors (Lipinski definition) is 0. The predicted molar refractivity (Wildman–Crippen MR) is 108 cm³/mol. The van der Waals surface area contributed by atoms with E-state index in [2.05, 4.69) is 86.7 Å². The second-order valence-corrected chi connectivity index (χ2v) is 24.3. The van der Waals surface area contributed by atoms with Crippen molar-refractivity contribution >= 4 is 5.43 Å². The van der Waals surface area contributed by atoms with E-state index in [9.17, 15) is 0 Å². The van der Waals surface area contributed by atoms with E-state index in [4.69, 9.17) is 2.81 Å². The number of halogens is 2. The van der Waals surface area contributed by atoms with Gasteiger partial charge in [-0.15, -0.1) is 0 Å². The maximum absolute atomic E-state index is 6.87. The molecule has 1 aliphatic rings. The monoisotopic (exact) mass is 502 g/mol. The van der Waals surface area contributed by atoms with Crippen molar-refractivity contribution in [3.63, 3.8) is 0 Å². The van der Waals surface area contributed by atoms with Crippen LogP contribution in [-0.4, -0.2) is 5.43 Å². The summed E-state index contributed by atoms with van der Waals surface area (Å²) in [6.07, 6.45) is 0. The van der Waals surface area contributed by atoms with E-state index < -0.39 is 26.2 Å². The van der Waals surface area contributed by atoms with Crippen molar-refractivity contribution in [1.29, 1.82) is 0 Å². The molecule has 5 heteroatoms. The molecule has 27 heavy (non-hydrogen) atoms. The summed E-state index contributed by atoms with van der Waals surface area (Å²) in [5, 5.41) is 0. The summed E-state index contributed by atoms with van der Waals surface area (Å²) >= 11 is -2.12. The van der Waals surface area contributed by atoms with Crippen molar-refractivity contribution in [2.75, 3.05) is 0 Å². The molecule has 0 radical (unpaired) electrons. The van der Waals surface area contributed by atoms with Gasteiger partial charge >= 0.3 is 164 Å². The zero-order valence-electron chi connectivity index (χ0n) is 18.5. The van der Waals surface area contributed by atoms with Crippen LogP contribution in [0.1, 0.15) is 59.6 Å². The Balaban J connectivity index is 0.00000338. The topological polar surface area (TPSA) is 9.23 Å². The fraction of sp³-hybridized carbons (Fsp3) is 0.545. The average Bonchev–Trinajstić information content (AvgIpc) is 2.67. The standard InChI is InChI=1S/C11H16O.C9H13.C2H6Si.2ClH.Zr/c1-8-5-9(11(2,3)4)7-10(12)6-8;1-6-5-7(2)9(4)8(6)3;1-3-2;;;/h5-7,12H,1-4H3;6H,1-4H3;1-2H3;2*1H;/q;;;;;+3/p-3. The number of rotatable bonds is 3. The molecule has 0 spiro atoms. The smallest absolute Gasteiger partial charge is 1.00 e. The van der Waals surface area contributed by atoms with E-state index >= 15 is 0 Å². The van der Waals surface area contributed by atoms with Gasteiger partial charge in [-0.1, -0.05) is 0 Å². The van der Waals surface area contributed by atoms with Gasteiger partial charge in [0.15, 0.2) is 0 Å². The Morgan fingerprint density at radius 3 is 1.89 bits per heavy atom. The van der Waals surface area contributed by atoms with Crippen molar-refractivity contribution < 1.29 is 48.4 Å². The molecule has 0 aromatic heterocycles. The SMILES string of the molecule is CC1=C(C)C(C)[C]([Zr+2]([O]c2cc(C)cc(C(C)(C)C)c2)=[Si](C)C)=C1C.[Cl-].[Cl-]. The van der Waals surface area contributed by atoms with Crippen molar-refractivity contribution in [3.05, 3.63) is 49.3 Å². The fourth-order valence-electron chi connectivity index (χ4n) is 3.51. The maximum atomic E-state index is 6.87. The molecular formula is C22H34Cl2OSiZr. The quantitative estimate of drug-likeness (QED) is 0.552. The molecule has 0 aliphatic heterocycles. The van der Waals surface area contributed by atoms with Crippen LogP contribution >= 0.6 is 0 Å². The Kier molecular flexibility index (Phi) is 10.4. The zero-order valence-corrected chi connectivity index (χ0v) is 23.4. The largest absolute Gasteiger partial charge is 1.00 e. The van der Waals surface area contributed by atoms with Gasteiger partial charge in [0, 0.05) is 0 Å². The van der Waals surface area contributed by atoms with E-state index in [1.807, 2.05) is 0 Å². The molecular weight excluding hydrogens is 470 g/mol. The Morgan fingerprint density at radius 1 is 0.926 bits per heavy atom. The third kappa shape index (κ3) is 6.08.